The van der Waals surface area contributed by atoms with E-state index in [9.17, 15) is 9.59 Å². The first kappa shape index (κ1) is 14.4. The zero-order valence-corrected chi connectivity index (χ0v) is 12.5. The van der Waals surface area contributed by atoms with Crippen LogP contribution in [0.1, 0.15) is 32.6 Å². The Balaban J connectivity index is 1.85. The van der Waals surface area contributed by atoms with Crippen LogP contribution in [0.4, 0.5) is 0 Å². The first-order chi connectivity index (χ1) is 9.99. The van der Waals surface area contributed by atoms with Gasteiger partial charge < -0.3 is 9.47 Å². The molecule has 4 heteroatoms. The van der Waals surface area contributed by atoms with E-state index in [2.05, 4.69) is 13.2 Å². The topological polar surface area (TPSA) is 52.6 Å². The van der Waals surface area contributed by atoms with E-state index in [0.29, 0.717) is 18.1 Å². The van der Waals surface area contributed by atoms with Gasteiger partial charge in [0.2, 0.25) is 0 Å². The van der Waals surface area contributed by atoms with Gasteiger partial charge in [0, 0.05) is 30.3 Å². The highest BCUT2D eigenvalue weighted by molar-refractivity contribution is 5.90. The first-order valence-corrected chi connectivity index (χ1v) is 7.70. The Morgan fingerprint density at radius 1 is 1.29 bits per heavy atom. The van der Waals surface area contributed by atoms with Gasteiger partial charge in [-0.2, -0.15) is 0 Å². The molecule has 2 aliphatic carbocycles. The minimum absolute atomic E-state index is 0.0992. The minimum Gasteiger partial charge on any atom is -0.466 e. The normalized spacial score (nSPS) is 38.5. The molecular weight excluding hydrogens is 268 g/mol. The van der Waals surface area contributed by atoms with Gasteiger partial charge in [0.25, 0.3) is 0 Å². The zero-order valence-electron chi connectivity index (χ0n) is 12.5. The van der Waals surface area contributed by atoms with E-state index in [0.717, 1.165) is 25.7 Å². The molecule has 3 rings (SSSR count). The van der Waals surface area contributed by atoms with Gasteiger partial charge in [-0.25, -0.2) is 4.79 Å². The minimum atomic E-state index is -0.255. The third-order valence-corrected chi connectivity index (χ3v) is 5.39. The highest BCUT2D eigenvalue weighted by Crippen LogP contribution is 2.52. The zero-order chi connectivity index (χ0) is 15.1. The van der Waals surface area contributed by atoms with Gasteiger partial charge in [0.05, 0.1) is 6.61 Å². The Morgan fingerprint density at radius 3 is 2.76 bits per heavy atom. The van der Waals surface area contributed by atoms with E-state index in [4.69, 9.17) is 9.47 Å². The fourth-order valence-corrected chi connectivity index (χ4v) is 4.34. The molecule has 0 aromatic rings. The number of fused-ring (bicyclic) bond motifs is 3. The maximum absolute atomic E-state index is 11.9. The van der Waals surface area contributed by atoms with Gasteiger partial charge in [-0.15, -0.1) is 0 Å². The molecule has 1 aliphatic heterocycles. The number of ether oxygens (including phenoxy) is 2. The lowest BCUT2D eigenvalue weighted by Crippen LogP contribution is -2.34. The van der Waals surface area contributed by atoms with E-state index < -0.39 is 0 Å². The van der Waals surface area contributed by atoms with Crippen LogP contribution in [0.15, 0.2) is 24.3 Å². The molecule has 2 saturated carbocycles. The lowest BCUT2D eigenvalue weighted by Gasteiger charge is -2.30. The molecule has 4 nitrogen and oxygen atoms in total. The number of carbonyl (C=O) groups excluding carboxylic acids is 2. The maximum atomic E-state index is 11.9. The van der Waals surface area contributed by atoms with Crippen LogP contribution in [0.2, 0.25) is 0 Å². The van der Waals surface area contributed by atoms with E-state index in [-0.39, 0.29) is 35.8 Å². The van der Waals surface area contributed by atoms with Crippen molar-refractivity contribution >= 4 is 11.9 Å². The average Bonchev–Trinajstić information content (AvgIpc) is 2.93. The lowest BCUT2D eigenvalue weighted by atomic mass is 9.79. The van der Waals surface area contributed by atoms with Crippen LogP contribution < -0.4 is 0 Å². The molecule has 0 spiro atoms. The van der Waals surface area contributed by atoms with Crippen molar-refractivity contribution in [2.75, 3.05) is 6.61 Å². The van der Waals surface area contributed by atoms with Crippen molar-refractivity contribution in [3.05, 3.63) is 24.3 Å². The summed E-state index contributed by atoms with van der Waals surface area (Å²) in [5.41, 5.74) is 1.86. The Morgan fingerprint density at radius 2 is 2.05 bits per heavy atom. The summed E-state index contributed by atoms with van der Waals surface area (Å²) in [7, 11) is 0. The van der Waals surface area contributed by atoms with Crippen LogP contribution >= 0.6 is 0 Å². The molecule has 21 heavy (non-hydrogen) atoms. The largest absolute Gasteiger partial charge is 0.466 e. The van der Waals surface area contributed by atoms with Crippen molar-refractivity contribution in [2.45, 2.75) is 38.7 Å². The fraction of sp³-hybridized carbons (Fsp3) is 0.647. The standard InChI is InChI=1S/C17H22O4/c1-9-4-6-14-10(2)17(19)21-16(14)15-12(5-7-13(9)15)8-20-11(3)18/h12-16H,1-2,4-8H2,3H3/t12-,13-,14-,15-,16-/m1/s1. The van der Waals surface area contributed by atoms with Crippen molar-refractivity contribution in [1.29, 1.82) is 0 Å². The van der Waals surface area contributed by atoms with Crippen molar-refractivity contribution in [2.24, 2.45) is 23.7 Å². The Bertz CT molecular complexity index is 507. The summed E-state index contributed by atoms with van der Waals surface area (Å²) in [5.74, 6) is 0.429. The summed E-state index contributed by atoms with van der Waals surface area (Å²) in [5, 5.41) is 0. The molecule has 3 aliphatic rings. The Kier molecular flexibility index (Phi) is 3.64. The molecule has 3 fully saturated rings. The third-order valence-electron chi connectivity index (χ3n) is 5.39. The molecule has 0 aromatic carbocycles. The molecule has 0 N–H and O–H groups in total. The van der Waals surface area contributed by atoms with Gasteiger partial charge in [-0.05, 0) is 31.6 Å². The van der Waals surface area contributed by atoms with Crippen molar-refractivity contribution in [1.82, 2.24) is 0 Å². The summed E-state index contributed by atoms with van der Waals surface area (Å²) in [6.45, 7) is 9.99. The second-order valence-corrected chi connectivity index (χ2v) is 6.52. The highest BCUT2D eigenvalue weighted by Gasteiger charge is 2.52. The van der Waals surface area contributed by atoms with Crippen LogP contribution in [0.25, 0.3) is 0 Å². The van der Waals surface area contributed by atoms with Gasteiger partial charge in [-0.3, -0.25) is 4.79 Å². The van der Waals surface area contributed by atoms with Gasteiger partial charge in [-0.1, -0.05) is 18.7 Å². The van der Waals surface area contributed by atoms with E-state index in [1.54, 1.807) is 0 Å². The monoisotopic (exact) mass is 290 g/mol. The fourth-order valence-electron chi connectivity index (χ4n) is 4.34. The molecular formula is C17H22O4. The van der Waals surface area contributed by atoms with E-state index in [1.807, 2.05) is 0 Å². The second kappa shape index (κ2) is 5.32. The molecule has 0 aromatic heterocycles. The molecule has 5 atom stereocenters. The highest BCUT2D eigenvalue weighted by atomic mass is 16.6. The predicted molar refractivity (Wildman–Crippen MR) is 77.2 cm³/mol. The molecule has 0 bridgehead atoms. The molecule has 0 radical (unpaired) electrons. The number of rotatable bonds is 2. The van der Waals surface area contributed by atoms with Crippen molar-refractivity contribution in [3.8, 4) is 0 Å². The smallest absolute Gasteiger partial charge is 0.334 e. The molecule has 0 amide bonds. The molecule has 0 unspecified atom stereocenters. The van der Waals surface area contributed by atoms with Gasteiger partial charge in [0.15, 0.2) is 0 Å². The van der Waals surface area contributed by atoms with Crippen LogP contribution in [0, 0.1) is 23.7 Å². The molecule has 1 saturated heterocycles. The number of allylic oxidation sites excluding steroid dienone is 1. The predicted octanol–water partition coefficient (Wildman–Crippen LogP) is 2.64. The summed E-state index contributed by atoms with van der Waals surface area (Å²) < 4.78 is 10.9. The van der Waals surface area contributed by atoms with Crippen LogP contribution in [-0.4, -0.2) is 24.6 Å². The number of hydrogen-bond donors (Lipinski definition) is 0. The van der Waals surface area contributed by atoms with Crippen molar-refractivity contribution in [3.63, 3.8) is 0 Å². The lowest BCUT2D eigenvalue weighted by molar-refractivity contribution is -0.147. The van der Waals surface area contributed by atoms with Crippen LogP contribution in [-0.2, 0) is 19.1 Å². The Hall–Kier alpha value is -1.58. The summed E-state index contributed by atoms with van der Waals surface area (Å²) in [6, 6.07) is 0. The number of carbonyl (C=O) groups is 2. The van der Waals surface area contributed by atoms with E-state index in [1.165, 1.54) is 12.5 Å². The summed E-state index contributed by atoms with van der Waals surface area (Å²) in [4.78, 5) is 23.0. The summed E-state index contributed by atoms with van der Waals surface area (Å²) >= 11 is 0. The Labute approximate surface area is 125 Å². The van der Waals surface area contributed by atoms with Gasteiger partial charge >= 0.3 is 11.9 Å². The van der Waals surface area contributed by atoms with Gasteiger partial charge in [0.1, 0.15) is 6.10 Å². The van der Waals surface area contributed by atoms with Crippen LogP contribution in [0.5, 0.6) is 0 Å². The molecule has 1 heterocycles. The maximum Gasteiger partial charge on any atom is 0.334 e. The number of esters is 2. The quantitative estimate of drug-likeness (QED) is 0.446. The average molecular weight is 290 g/mol. The summed E-state index contributed by atoms with van der Waals surface area (Å²) in [6.07, 6.45) is 3.74. The third kappa shape index (κ3) is 2.41. The van der Waals surface area contributed by atoms with Crippen LogP contribution in [0.3, 0.4) is 0 Å². The van der Waals surface area contributed by atoms with Crippen molar-refractivity contribution < 1.29 is 19.1 Å². The first-order valence-electron chi connectivity index (χ1n) is 7.70. The SMILES string of the molecule is C=C1C(=O)O[C@H]2[C@@H]3[C@@H](COC(C)=O)CC[C@@H]3C(=C)CC[C@H]12. The molecule has 114 valence electrons. The second-order valence-electron chi connectivity index (χ2n) is 6.52. The van der Waals surface area contributed by atoms with E-state index >= 15 is 0 Å². The number of hydrogen-bond acceptors (Lipinski definition) is 4.